The van der Waals surface area contributed by atoms with Gasteiger partial charge in [-0.05, 0) is 30.2 Å². The molecule has 0 bridgehead atoms. The third kappa shape index (κ3) is 4.88. The van der Waals surface area contributed by atoms with Crippen LogP contribution in [0.4, 0.5) is 0 Å². The molecule has 96 valence electrons. The molecule has 2 atom stereocenters. The van der Waals surface area contributed by atoms with E-state index in [1.165, 1.54) is 0 Å². The first kappa shape index (κ1) is 14.2. The van der Waals surface area contributed by atoms with E-state index in [-0.39, 0.29) is 11.5 Å². The lowest BCUT2D eigenvalue weighted by Crippen LogP contribution is -2.25. The van der Waals surface area contributed by atoms with Crippen LogP contribution in [0.3, 0.4) is 0 Å². The second kappa shape index (κ2) is 6.18. The van der Waals surface area contributed by atoms with Gasteiger partial charge in [0.2, 0.25) is 0 Å². The number of hydrogen-bond donors (Lipinski definition) is 2. The Kier molecular flexibility index (Phi) is 5.16. The Morgan fingerprint density at radius 3 is 2.12 bits per heavy atom. The van der Waals surface area contributed by atoms with Crippen LogP contribution in [0.15, 0.2) is 30.3 Å². The van der Waals surface area contributed by atoms with Crippen molar-refractivity contribution in [2.24, 2.45) is 5.41 Å². The summed E-state index contributed by atoms with van der Waals surface area (Å²) in [5.41, 5.74) is 0.885. The molecule has 0 radical (unpaired) electrons. The SMILES string of the molecule is CC(C)(C)C(O)CCCC(O)c1ccccc1. The highest BCUT2D eigenvalue weighted by Gasteiger charge is 2.21. The van der Waals surface area contributed by atoms with Crippen LogP contribution in [0.1, 0.15) is 51.7 Å². The van der Waals surface area contributed by atoms with Gasteiger partial charge in [-0.2, -0.15) is 0 Å². The zero-order valence-electron chi connectivity index (χ0n) is 11.1. The Morgan fingerprint density at radius 1 is 1.00 bits per heavy atom. The molecule has 0 saturated heterocycles. The van der Waals surface area contributed by atoms with Gasteiger partial charge in [0.15, 0.2) is 0 Å². The Morgan fingerprint density at radius 2 is 1.59 bits per heavy atom. The normalized spacial score (nSPS) is 15.6. The highest BCUT2D eigenvalue weighted by Crippen LogP contribution is 2.25. The van der Waals surface area contributed by atoms with Crippen LogP contribution in [-0.2, 0) is 0 Å². The molecule has 0 aliphatic rings. The number of aliphatic hydroxyl groups is 2. The van der Waals surface area contributed by atoms with Crippen molar-refractivity contribution in [3.05, 3.63) is 35.9 Å². The van der Waals surface area contributed by atoms with E-state index in [0.29, 0.717) is 6.42 Å². The maximum Gasteiger partial charge on any atom is 0.0790 e. The average Bonchev–Trinajstić information content (AvgIpc) is 2.28. The van der Waals surface area contributed by atoms with Crippen LogP contribution in [0.2, 0.25) is 0 Å². The third-order valence-electron chi connectivity index (χ3n) is 3.14. The van der Waals surface area contributed by atoms with Crippen molar-refractivity contribution in [3.8, 4) is 0 Å². The predicted molar refractivity (Wildman–Crippen MR) is 70.7 cm³/mol. The molecule has 2 N–H and O–H groups in total. The largest absolute Gasteiger partial charge is 0.393 e. The lowest BCUT2D eigenvalue weighted by Gasteiger charge is -2.26. The summed E-state index contributed by atoms with van der Waals surface area (Å²) in [6, 6.07) is 9.68. The van der Waals surface area contributed by atoms with E-state index in [4.69, 9.17) is 0 Å². The molecule has 0 aromatic heterocycles. The summed E-state index contributed by atoms with van der Waals surface area (Å²) < 4.78 is 0. The monoisotopic (exact) mass is 236 g/mol. The summed E-state index contributed by atoms with van der Waals surface area (Å²) in [4.78, 5) is 0. The lowest BCUT2D eigenvalue weighted by molar-refractivity contribution is 0.0490. The minimum atomic E-state index is -0.414. The topological polar surface area (TPSA) is 40.5 Å². The highest BCUT2D eigenvalue weighted by molar-refractivity contribution is 5.16. The van der Waals surface area contributed by atoms with Crippen LogP contribution >= 0.6 is 0 Å². The molecule has 2 nitrogen and oxygen atoms in total. The van der Waals surface area contributed by atoms with Gasteiger partial charge in [-0.1, -0.05) is 51.1 Å². The molecule has 0 spiro atoms. The van der Waals surface area contributed by atoms with Crippen molar-refractivity contribution in [1.82, 2.24) is 0 Å². The van der Waals surface area contributed by atoms with Crippen LogP contribution in [0.25, 0.3) is 0 Å². The van der Waals surface area contributed by atoms with E-state index < -0.39 is 6.10 Å². The van der Waals surface area contributed by atoms with Gasteiger partial charge in [-0.25, -0.2) is 0 Å². The maximum atomic E-state index is 9.95. The Bertz CT molecular complexity index is 313. The van der Waals surface area contributed by atoms with Gasteiger partial charge in [0.1, 0.15) is 0 Å². The highest BCUT2D eigenvalue weighted by atomic mass is 16.3. The van der Waals surface area contributed by atoms with Crippen molar-refractivity contribution in [2.45, 2.75) is 52.2 Å². The smallest absolute Gasteiger partial charge is 0.0790 e. The second-order valence-electron chi connectivity index (χ2n) is 5.74. The molecular weight excluding hydrogens is 212 g/mol. The van der Waals surface area contributed by atoms with Gasteiger partial charge in [-0.3, -0.25) is 0 Å². The molecule has 1 rings (SSSR count). The van der Waals surface area contributed by atoms with E-state index in [1.807, 2.05) is 51.1 Å². The standard InChI is InChI=1S/C15H24O2/c1-15(2,3)14(17)11-7-10-13(16)12-8-5-4-6-9-12/h4-6,8-9,13-14,16-17H,7,10-11H2,1-3H3. The van der Waals surface area contributed by atoms with Crippen LogP contribution in [0.5, 0.6) is 0 Å². The second-order valence-corrected chi connectivity index (χ2v) is 5.74. The number of hydrogen-bond acceptors (Lipinski definition) is 2. The van der Waals surface area contributed by atoms with E-state index >= 15 is 0 Å². The molecule has 0 aliphatic heterocycles. The molecule has 0 saturated carbocycles. The van der Waals surface area contributed by atoms with Crippen molar-refractivity contribution in [2.75, 3.05) is 0 Å². The van der Waals surface area contributed by atoms with Gasteiger partial charge in [0.25, 0.3) is 0 Å². The van der Waals surface area contributed by atoms with Crippen molar-refractivity contribution in [1.29, 1.82) is 0 Å². The Labute approximate surface area is 104 Å². The Balaban J connectivity index is 2.33. The first-order chi connectivity index (χ1) is 7.91. The molecule has 0 aliphatic carbocycles. The molecule has 1 aromatic carbocycles. The molecule has 17 heavy (non-hydrogen) atoms. The lowest BCUT2D eigenvalue weighted by atomic mass is 9.86. The zero-order valence-corrected chi connectivity index (χ0v) is 11.1. The summed E-state index contributed by atoms with van der Waals surface area (Å²) in [7, 11) is 0. The summed E-state index contributed by atoms with van der Waals surface area (Å²) in [6.07, 6.45) is 1.58. The van der Waals surface area contributed by atoms with E-state index in [2.05, 4.69) is 0 Å². The van der Waals surface area contributed by atoms with E-state index in [0.717, 1.165) is 18.4 Å². The van der Waals surface area contributed by atoms with Gasteiger partial charge in [-0.15, -0.1) is 0 Å². The van der Waals surface area contributed by atoms with Gasteiger partial charge >= 0.3 is 0 Å². The van der Waals surface area contributed by atoms with Gasteiger partial charge in [0, 0.05) is 0 Å². The summed E-state index contributed by atoms with van der Waals surface area (Å²) >= 11 is 0. The van der Waals surface area contributed by atoms with Crippen LogP contribution < -0.4 is 0 Å². The summed E-state index contributed by atoms with van der Waals surface area (Å²) in [5.74, 6) is 0. The fourth-order valence-corrected chi connectivity index (χ4v) is 1.78. The minimum absolute atomic E-state index is 0.0717. The first-order valence-corrected chi connectivity index (χ1v) is 6.32. The van der Waals surface area contributed by atoms with Crippen molar-refractivity contribution >= 4 is 0 Å². The molecule has 2 heteroatoms. The third-order valence-corrected chi connectivity index (χ3v) is 3.14. The van der Waals surface area contributed by atoms with E-state index in [1.54, 1.807) is 0 Å². The van der Waals surface area contributed by atoms with Crippen LogP contribution in [-0.4, -0.2) is 16.3 Å². The molecule has 0 fully saturated rings. The first-order valence-electron chi connectivity index (χ1n) is 6.32. The zero-order chi connectivity index (χ0) is 12.9. The number of benzene rings is 1. The predicted octanol–water partition coefficient (Wildman–Crippen LogP) is 3.30. The van der Waals surface area contributed by atoms with Gasteiger partial charge in [0.05, 0.1) is 12.2 Å². The summed E-state index contributed by atoms with van der Waals surface area (Å²) in [5, 5.41) is 19.8. The fourth-order valence-electron chi connectivity index (χ4n) is 1.78. The average molecular weight is 236 g/mol. The fraction of sp³-hybridized carbons (Fsp3) is 0.600. The van der Waals surface area contributed by atoms with Crippen molar-refractivity contribution in [3.63, 3.8) is 0 Å². The summed E-state index contributed by atoms with van der Waals surface area (Å²) in [6.45, 7) is 6.10. The molecule has 1 aromatic rings. The van der Waals surface area contributed by atoms with Crippen LogP contribution in [0, 0.1) is 5.41 Å². The van der Waals surface area contributed by atoms with Gasteiger partial charge < -0.3 is 10.2 Å². The number of rotatable bonds is 5. The maximum absolute atomic E-state index is 9.95. The quantitative estimate of drug-likeness (QED) is 0.823. The van der Waals surface area contributed by atoms with E-state index in [9.17, 15) is 10.2 Å². The Hall–Kier alpha value is -0.860. The molecular formula is C15H24O2. The number of aliphatic hydroxyl groups excluding tert-OH is 2. The molecule has 2 unspecified atom stereocenters. The molecule has 0 amide bonds. The molecule has 0 heterocycles. The minimum Gasteiger partial charge on any atom is -0.393 e. The van der Waals surface area contributed by atoms with Crippen molar-refractivity contribution < 1.29 is 10.2 Å².